The molecule has 0 aliphatic heterocycles. The van der Waals surface area contributed by atoms with Crippen LogP contribution in [0, 0.1) is 0 Å². The molecule has 0 amide bonds. The van der Waals surface area contributed by atoms with Gasteiger partial charge in [0, 0.05) is 5.39 Å². The second-order valence-corrected chi connectivity index (χ2v) is 5.46. The number of fused-ring (bicyclic) bond motifs is 1. The Labute approximate surface area is 149 Å². The van der Waals surface area contributed by atoms with E-state index in [-0.39, 0.29) is 35.2 Å². The summed E-state index contributed by atoms with van der Waals surface area (Å²) < 4.78 is 12.0. The van der Waals surface area contributed by atoms with Crippen molar-refractivity contribution < 1.29 is 19.4 Å². The second-order valence-electron chi connectivity index (χ2n) is 5.46. The van der Waals surface area contributed by atoms with E-state index in [2.05, 4.69) is 5.10 Å². The zero-order valence-corrected chi connectivity index (χ0v) is 14.2. The van der Waals surface area contributed by atoms with Gasteiger partial charge in [0.1, 0.15) is 23.8 Å². The maximum atomic E-state index is 12.5. The Bertz CT molecular complexity index is 979. The summed E-state index contributed by atoms with van der Waals surface area (Å²) >= 11 is 0. The van der Waals surface area contributed by atoms with E-state index in [0.717, 1.165) is 10.4 Å². The average Bonchev–Trinajstić information content (AvgIpc) is 2.65. The van der Waals surface area contributed by atoms with Gasteiger partial charge in [0.15, 0.2) is 0 Å². The second kappa shape index (κ2) is 7.69. The minimum Gasteiger partial charge on any atom is -0.543 e. The van der Waals surface area contributed by atoms with E-state index in [1.807, 2.05) is 6.92 Å². The molecule has 0 aliphatic rings. The molecule has 0 spiro atoms. The number of carboxylic acids is 1. The van der Waals surface area contributed by atoms with Gasteiger partial charge in [-0.05, 0) is 37.3 Å². The fourth-order valence-corrected chi connectivity index (χ4v) is 2.59. The first-order valence-corrected chi connectivity index (χ1v) is 8.17. The number of aromatic nitrogens is 2. The predicted octanol–water partition coefficient (Wildman–Crippen LogP) is 1.24. The van der Waals surface area contributed by atoms with Gasteiger partial charge in [-0.15, -0.1) is 0 Å². The Hall–Kier alpha value is -3.35. The van der Waals surface area contributed by atoms with Crippen molar-refractivity contribution in [1.82, 2.24) is 9.78 Å². The predicted molar refractivity (Wildman–Crippen MR) is 93.4 cm³/mol. The van der Waals surface area contributed by atoms with E-state index < -0.39 is 5.97 Å². The summed E-state index contributed by atoms with van der Waals surface area (Å²) in [6.45, 7) is 2.75. The largest absolute Gasteiger partial charge is 0.543 e. The van der Waals surface area contributed by atoms with Crippen LogP contribution >= 0.6 is 0 Å². The fourth-order valence-electron chi connectivity index (χ4n) is 2.59. The molecule has 26 heavy (non-hydrogen) atoms. The molecule has 1 heterocycles. The molecular formula is C19H17N2O5-. The number of carboxylic acid groups (broad SMARTS) is 1. The van der Waals surface area contributed by atoms with Crippen molar-refractivity contribution in [2.45, 2.75) is 13.5 Å². The SMILES string of the molecule is CCOc1ccc(OCCn2nc(C(=O)[O-])c3ccccc3c2=O)cc1. The van der Waals surface area contributed by atoms with Crippen LogP contribution in [0.15, 0.2) is 53.3 Å². The van der Waals surface area contributed by atoms with Crippen LogP contribution in [0.25, 0.3) is 10.8 Å². The molecule has 3 rings (SSSR count). The van der Waals surface area contributed by atoms with Crippen LogP contribution in [0.3, 0.4) is 0 Å². The maximum absolute atomic E-state index is 12.5. The summed E-state index contributed by atoms with van der Waals surface area (Å²) in [7, 11) is 0. The van der Waals surface area contributed by atoms with Crippen molar-refractivity contribution >= 4 is 16.7 Å². The van der Waals surface area contributed by atoms with Gasteiger partial charge in [0.25, 0.3) is 5.56 Å². The van der Waals surface area contributed by atoms with Crippen molar-refractivity contribution in [2.24, 2.45) is 0 Å². The van der Waals surface area contributed by atoms with E-state index in [1.165, 1.54) is 6.07 Å². The van der Waals surface area contributed by atoms with Crippen molar-refractivity contribution in [1.29, 1.82) is 0 Å². The zero-order chi connectivity index (χ0) is 18.5. The topological polar surface area (TPSA) is 93.5 Å². The van der Waals surface area contributed by atoms with Crippen LogP contribution in [0.4, 0.5) is 0 Å². The highest BCUT2D eigenvalue weighted by Crippen LogP contribution is 2.17. The number of rotatable bonds is 7. The summed E-state index contributed by atoms with van der Waals surface area (Å²) in [5.41, 5.74) is -0.637. The average molecular weight is 353 g/mol. The number of hydrogen-bond acceptors (Lipinski definition) is 6. The molecule has 0 saturated carbocycles. The summed E-state index contributed by atoms with van der Waals surface area (Å²) in [5.74, 6) is -0.0735. The minimum absolute atomic E-state index is 0.108. The Morgan fingerprint density at radius 2 is 1.65 bits per heavy atom. The van der Waals surface area contributed by atoms with Gasteiger partial charge < -0.3 is 19.4 Å². The molecule has 3 aromatic rings. The number of benzene rings is 2. The minimum atomic E-state index is -1.43. The monoisotopic (exact) mass is 353 g/mol. The molecule has 0 atom stereocenters. The highest BCUT2D eigenvalue weighted by atomic mass is 16.5. The van der Waals surface area contributed by atoms with Crippen molar-refractivity contribution in [3.8, 4) is 11.5 Å². The lowest BCUT2D eigenvalue weighted by Gasteiger charge is -2.12. The van der Waals surface area contributed by atoms with E-state index in [9.17, 15) is 14.7 Å². The Morgan fingerprint density at radius 3 is 2.27 bits per heavy atom. The van der Waals surface area contributed by atoms with Gasteiger partial charge in [-0.3, -0.25) is 4.79 Å². The molecule has 0 radical (unpaired) electrons. The highest BCUT2D eigenvalue weighted by molar-refractivity contribution is 6.00. The van der Waals surface area contributed by atoms with Gasteiger partial charge in [-0.2, -0.15) is 5.10 Å². The van der Waals surface area contributed by atoms with Gasteiger partial charge in [-0.1, -0.05) is 18.2 Å². The number of ether oxygens (including phenoxy) is 2. The van der Waals surface area contributed by atoms with Crippen LogP contribution in [-0.4, -0.2) is 29.0 Å². The summed E-state index contributed by atoms with van der Waals surface area (Å²) in [6.07, 6.45) is 0. The molecule has 7 nitrogen and oxygen atoms in total. The summed E-state index contributed by atoms with van der Waals surface area (Å²) in [6, 6.07) is 13.5. The van der Waals surface area contributed by atoms with Gasteiger partial charge >= 0.3 is 0 Å². The van der Waals surface area contributed by atoms with Crippen molar-refractivity contribution in [3.63, 3.8) is 0 Å². The van der Waals surface area contributed by atoms with Crippen LogP contribution in [0.5, 0.6) is 11.5 Å². The fraction of sp³-hybridized carbons (Fsp3) is 0.211. The number of nitrogens with zero attached hydrogens (tertiary/aromatic N) is 2. The van der Waals surface area contributed by atoms with E-state index in [1.54, 1.807) is 42.5 Å². The molecule has 134 valence electrons. The summed E-state index contributed by atoms with van der Waals surface area (Å²) in [4.78, 5) is 23.8. The molecule has 0 bridgehead atoms. The van der Waals surface area contributed by atoms with E-state index >= 15 is 0 Å². The highest BCUT2D eigenvalue weighted by Gasteiger charge is 2.11. The normalized spacial score (nSPS) is 10.7. The molecule has 0 N–H and O–H groups in total. The Morgan fingerprint density at radius 1 is 1.04 bits per heavy atom. The van der Waals surface area contributed by atoms with Crippen molar-refractivity contribution in [2.75, 3.05) is 13.2 Å². The van der Waals surface area contributed by atoms with E-state index in [0.29, 0.717) is 12.4 Å². The lowest BCUT2D eigenvalue weighted by atomic mass is 10.1. The molecule has 2 aromatic carbocycles. The standard InChI is InChI=1S/C19H18N2O5/c1-2-25-13-7-9-14(10-8-13)26-12-11-21-18(22)16-6-4-3-5-15(16)17(20-21)19(23)24/h3-10H,2,11-12H2,1H3,(H,23,24)/p-1. The zero-order valence-electron chi connectivity index (χ0n) is 14.2. The third-order valence-corrected chi connectivity index (χ3v) is 3.77. The number of hydrogen-bond donors (Lipinski definition) is 0. The first-order valence-electron chi connectivity index (χ1n) is 8.17. The smallest absolute Gasteiger partial charge is 0.274 e. The maximum Gasteiger partial charge on any atom is 0.274 e. The molecular weight excluding hydrogens is 336 g/mol. The van der Waals surface area contributed by atoms with Crippen LogP contribution in [-0.2, 0) is 6.54 Å². The third kappa shape index (κ3) is 3.66. The molecule has 1 aromatic heterocycles. The van der Waals surface area contributed by atoms with Gasteiger partial charge in [0.05, 0.1) is 24.5 Å². The molecule has 0 unspecified atom stereocenters. The summed E-state index contributed by atoms with van der Waals surface area (Å²) in [5, 5.41) is 15.8. The molecule has 7 heteroatoms. The molecule has 0 aliphatic carbocycles. The third-order valence-electron chi connectivity index (χ3n) is 3.77. The Balaban J connectivity index is 1.77. The number of aromatic carboxylic acids is 1. The first-order chi connectivity index (χ1) is 12.6. The number of carbonyl (C=O) groups excluding carboxylic acids is 1. The van der Waals surface area contributed by atoms with Gasteiger partial charge in [0.2, 0.25) is 0 Å². The van der Waals surface area contributed by atoms with Crippen LogP contribution < -0.4 is 20.1 Å². The first kappa shape index (κ1) is 17.5. The van der Waals surface area contributed by atoms with E-state index in [4.69, 9.17) is 9.47 Å². The van der Waals surface area contributed by atoms with Crippen LogP contribution in [0.1, 0.15) is 17.4 Å². The lowest BCUT2D eigenvalue weighted by Crippen LogP contribution is -2.32. The molecule has 0 fully saturated rings. The van der Waals surface area contributed by atoms with Crippen molar-refractivity contribution in [3.05, 3.63) is 64.6 Å². The Kier molecular flexibility index (Phi) is 5.17. The molecule has 0 saturated heterocycles. The quantitative estimate of drug-likeness (QED) is 0.634. The lowest BCUT2D eigenvalue weighted by molar-refractivity contribution is -0.255. The van der Waals surface area contributed by atoms with Gasteiger partial charge in [-0.25, -0.2) is 4.68 Å². The van der Waals surface area contributed by atoms with Crippen LogP contribution in [0.2, 0.25) is 0 Å². The number of carbonyl (C=O) groups is 1.